The number of hydrogen-bond acceptors (Lipinski definition) is 3. The van der Waals surface area contributed by atoms with Crippen molar-refractivity contribution in [3.8, 4) is 5.69 Å². The fraction of sp³-hybridized carbons (Fsp3) is 0.273. The Hall–Kier alpha value is -2.92. The Morgan fingerprint density at radius 1 is 1.11 bits per heavy atom. The first-order chi connectivity index (χ1) is 13.0. The van der Waals surface area contributed by atoms with Crippen LogP contribution in [0.25, 0.3) is 5.69 Å². The number of rotatable bonds is 6. The number of nitrogens with one attached hydrogen (secondary N) is 1. The van der Waals surface area contributed by atoms with Gasteiger partial charge in [0.2, 0.25) is 5.91 Å². The molecule has 3 rings (SSSR count). The molecule has 0 fully saturated rings. The molecule has 0 unspecified atom stereocenters. The van der Waals surface area contributed by atoms with Gasteiger partial charge in [0.1, 0.15) is 11.9 Å². The molecule has 0 aliphatic carbocycles. The monoisotopic (exact) mass is 362 g/mol. The zero-order valence-corrected chi connectivity index (χ0v) is 16.3. The van der Waals surface area contributed by atoms with Gasteiger partial charge in [-0.2, -0.15) is 0 Å². The van der Waals surface area contributed by atoms with Gasteiger partial charge in [0.15, 0.2) is 0 Å². The van der Waals surface area contributed by atoms with Gasteiger partial charge in [-0.25, -0.2) is 4.98 Å². The van der Waals surface area contributed by atoms with Crippen molar-refractivity contribution < 1.29 is 4.79 Å². The van der Waals surface area contributed by atoms with Crippen LogP contribution in [-0.2, 0) is 11.3 Å². The van der Waals surface area contributed by atoms with Crippen LogP contribution in [0.3, 0.4) is 0 Å². The average molecular weight is 362 g/mol. The third-order valence-electron chi connectivity index (χ3n) is 4.75. The summed E-state index contributed by atoms with van der Waals surface area (Å²) in [5.41, 5.74) is 4.27. The van der Waals surface area contributed by atoms with Crippen molar-refractivity contribution in [3.05, 3.63) is 83.4 Å². The summed E-state index contributed by atoms with van der Waals surface area (Å²) in [6.07, 6.45) is 3.73. The largest absolute Gasteiger partial charge is 0.350 e. The summed E-state index contributed by atoms with van der Waals surface area (Å²) < 4.78 is 2.03. The molecule has 140 valence electrons. The minimum absolute atomic E-state index is 0.00355. The quantitative estimate of drug-likeness (QED) is 0.731. The number of amides is 1. The molecule has 1 heterocycles. The predicted molar refractivity (Wildman–Crippen MR) is 108 cm³/mol. The minimum atomic E-state index is -0.306. The van der Waals surface area contributed by atoms with E-state index in [2.05, 4.69) is 10.3 Å². The fourth-order valence-corrected chi connectivity index (χ4v) is 3.26. The predicted octanol–water partition coefficient (Wildman–Crippen LogP) is 3.41. The van der Waals surface area contributed by atoms with Crippen molar-refractivity contribution in [2.45, 2.75) is 26.4 Å². The second-order valence-corrected chi connectivity index (χ2v) is 6.95. The van der Waals surface area contributed by atoms with Crippen LogP contribution >= 0.6 is 0 Å². The Bertz CT molecular complexity index is 912. The van der Waals surface area contributed by atoms with Crippen LogP contribution < -0.4 is 5.32 Å². The molecular weight excluding hydrogens is 336 g/mol. The van der Waals surface area contributed by atoms with Crippen molar-refractivity contribution in [3.63, 3.8) is 0 Å². The molecular formula is C22H26N4O. The van der Waals surface area contributed by atoms with Gasteiger partial charge in [-0.3, -0.25) is 9.69 Å². The van der Waals surface area contributed by atoms with Crippen molar-refractivity contribution >= 4 is 5.91 Å². The number of carbonyl (C=O) groups is 1. The van der Waals surface area contributed by atoms with Crippen LogP contribution in [0.4, 0.5) is 0 Å². The first-order valence-corrected chi connectivity index (χ1v) is 9.06. The summed E-state index contributed by atoms with van der Waals surface area (Å²) >= 11 is 0. The van der Waals surface area contributed by atoms with E-state index in [1.54, 1.807) is 6.20 Å². The molecule has 27 heavy (non-hydrogen) atoms. The van der Waals surface area contributed by atoms with Crippen LogP contribution in [0.5, 0.6) is 0 Å². The molecule has 0 bridgehead atoms. The van der Waals surface area contributed by atoms with E-state index in [-0.39, 0.29) is 11.9 Å². The third kappa shape index (κ3) is 4.26. The first-order valence-electron chi connectivity index (χ1n) is 9.06. The molecule has 0 saturated carbocycles. The lowest BCUT2D eigenvalue weighted by atomic mass is 10.00. The van der Waals surface area contributed by atoms with Gasteiger partial charge in [-0.05, 0) is 56.8 Å². The molecule has 0 aliphatic heterocycles. The molecule has 0 saturated heterocycles. The van der Waals surface area contributed by atoms with E-state index in [0.29, 0.717) is 6.54 Å². The maximum Gasteiger partial charge on any atom is 0.242 e. The van der Waals surface area contributed by atoms with E-state index >= 15 is 0 Å². The van der Waals surface area contributed by atoms with E-state index in [1.807, 2.05) is 92.1 Å². The Morgan fingerprint density at radius 3 is 2.41 bits per heavy atom. The lowest BCUT2D eigenvalue weighted by Crippen LogP contribution is -2.37. The molecule has 3 aromatic rings. The number of nitrogens with zero attached hydrogens (tertiary/aromatic N) is 3. The van der Waals surface area contributed by atoms with Gasteiger partial charge in [-0.1, -0.05) is 36.4 Å². The second-order valence-electron chi connectivity index (χ2n) is 6.95. The van der Waals surface area contributed by atoms with Crippen molar-refractivity contribution in [1.29, 1.82) is 0 Å². The number of benzene rings is 2. The number of likely N-dealkylation sites (N-methyl/N-ethyl adjacent to an activating group) is 1. The summed E-state index contributed by atoms with van der Waals surface area (Å²) in [4.78, 5) is 19.0. The van der Waals surface area contributed by atoms with E-state index in [9.17, 15) is 4.79 Å². The Morgan fingerprint density at radius 2 is 1.81 bits per heavy atom. The normalized spacial score (nSPS) is 12.2. The smallest absolute Gasteiger partial charge is 0.242 e. The summed E-state index contributed by atoms with van der Waals surface area (Å²) in [5.74, 6) is 0.951. The third-order valence-corrected chi connectivity index (χ3v) is 4.75. The highest BCUT2D eigenvalue weighted by molar-refractivity contribution is 5.83. The summed E-state index contributed by atoms with van der Waals surface area (Å²) in [5, 5.41) is 3.07. The van der Waals surface area contributed by atoms with Gasteiger partial charge >= 0.3 is 0 Å². The van der Waals surface area contributed by atoms with Gasteiger partial charge < -0.3 is 9.88 Å². The van der Waals surface area contributed by atoms with E-state index in [0.717, 1.165) is 28.2 Å². The highest BCUT2D eigenvalue weighted by Crippen LogP contribution is 2.22. The van der Waals surface area contributed by atoms with Crippen molar-refractivity contribution in [2.75, 3.05) is 14.1 Å². The minimum Gasteiger partial charge on any atom is -0.350 e. The van der Waals surface area contributed by atoms with Gasteiger partial charge in [-0.15, -0.1) is 0 Å². The molecule has 1 N–H and O–H groups in total. The van der Waals surface area contributed by atoms with Gasteiger partial charge in [0, 0.05) is 24.6 Å². The first kappa shape index (κ1) is 18.9. The summed E-state index contributed by atoms with van der Waals surface area (Å²) in [6.45, 7) is 4.51. The molecule has 0 spiro atoms. The second kappa shape index (κ2) is 8.18. The SMILES string of the molecule is Cc1ccccc1[C@H](C(=O)NCc1ccc(-n2ccnc2C)cc1)N(C)C. The standard InChI is InChI=1S/C22H26N4O/c1-16-7-5-6-8-20(16)21(25(3)4)22(27)24-15-18-9-11-19(12-10-18)26-14-13-23-17(26)2/h5-14,21H,15H2,1-4H3,(H,24,27)/t21-/m1/s1. The average Bonchev–Trinajstić information content (AvgIpc) is 3.08. The maximum atomic E-state index is 12.8. The van der Waals surface area contributed by atoms with Gasteiger partial charge in [0.25, 0.3) is 0 Å². The van der Waals surface area contributed by atoms with E-state index in [4.69, 9.17) is 0 Å². The molecule has 0 aliphatic rings. The van der Waals surface area contributed by atoms with Crippen molar-refractivity contribution in [1.82, 2.24) is 19.8 Å². The fourth-order valence-electron chi connectivity index (χ4n) is 3.26. The number of carbonyl (C=O) groups excluding carboxylic acids is 1. The Balaban J connectivity index is 1.69. The summed E-state index contributed by atoms with van der Waals surface area (Å²) in [6, 6.07) is 15.9. The van der Waals surface area contributed by atoms with Crippen LogP contribution in [0.15, 0.2) is 60.9 Å². The molecule has 1 aromatic heterocycles. The zero-order chi connectivity index (χ0) is 19.4. The number of imidazole rings is 1. The Labute approximate surface area is 160 Å². The number of aromatic nitrogens is 2. The molecule has 1 atom stereocenters. The topological polar surface area (TPSA) is 50.2 Å². The molecule has 5 nitrogen and oxygen atoms in total. The number of hydrogen-bond donors (Lipinski definition) is 1. The molecule has 5 heteroatoms. The van der Waals surface area contributed by atoms with Crippen LogP contribution in [-0.4, -0.2) is 34.5 Å². The lowest BCUT2D eigenvalue weighted by molar-refractivity contribution is -0.126. The molecule has 0 radical (unpaired) electrons. The highest BCUT2D eigenvalue weighted by atomic mass is 16.2. The maximum absolute atomic E-state index is 12.8. The molecule has 2 aromatic carbocycles. The van der Waals surface area contributed by atoms with E-state index < -0.39 is 0 Å². The number of aryl methyl sites for hydroxylation is 2. The zero-order valence-electron chi connectivity index (χ0n) is 16.3. The Kier molecular flexibility index (Phi) is 5.72. The van der Waals surface area contributed by atoms with Gasteiger partial charge in [0.05, 0.1) is 0 Å². The van der Waals surface area contributed by atoms with E-state index in [1.165, 1.54) is 0 Å². The van der Waals surface area contributed by atoms with Crippen LogP contribution in [0.2, 0.25) is 0 Å². The lowest BCUT2D eigenvalue weighted by Gasteiger charge is -2.25. The van der Waals surface area contributed by atoms with Crippen LogP contribution in [0, 0.1) is 13.8 Å². The van der Waals surface area contributed by atoms with Crippen LogP contribution in [0.1, 0.15) is 28.6 Å². The van der Waals surface area contributed by atoms with Crippen molar-refractivity contribution in [2.24, 2.45) is 0 Å². The summed E-state index contributed by atoms with van der Waals surface area (Å²) in [7, 11) is 3.86. The molecule has 1 amide bonds. The highest BCUT2D eigenvalue weighted by Gasteiger charge is 2.23.